The molecule has 0 bridgehead atoms. The maximum Gasteiger partial charge on any atom is 2.00 e. The number of hydrogen-bond donors (Lipinski definition) is 0. The minimum Gasteiger partial charge on any atom is -0.872 e. The van der Waals surface area contributed by atoms with E-state index in [0.717, 1.165) is 26.4 Å². The predicted octanol–water partition coefficient (Wildman–Crippen LogP) is -0.121. The molecule has 31 heavy (non-hydrogen) atoms. The zero-order valence-electron chi connectivity index (χ0n) is 16.9. The van der Waals surface area contributed by atoms with Gasteiger partial charge >= 0.3 is 35.0 Å². The molecule has 0 atom stereocenters. The van der Waals surface area contributed by atoms with Gasteiger partial charge in [0.1, 0.15) is 0 Å². The van der Waals surface area contributed by atoms with Crippen molar-refractivity contribution in [2.75, 3.05) is 14.2 Å². The standard InChI is InChI=1S/2C11H10O4.Mg/c2*1-15-11(14)10(13)7-9(12)8-5-3-2-4-6-8;/h2*2-7,12H,1H3;/q;;+2/p-2/b2*9-7-;. The van der Waals surface area contributed by atoms with Gasteiger partial charge in [-0.3, -0.25) is 9.59 Å². The van der Waals surface area contributed by atoms with E-state index in [-0.39, 0.29) is 23.1 Å². The van der Waals surface area contributed by atoms with Gasteiger partial charge in [-0.1, -0.05) is 72.2 Å². The molecule has 0 N–H and O–H groups in total. The van der Waals surface area contributed by atoms with Gasteiger partial charge in [0.25, 0.3) is 11.6 Å². The minimum absolute atomic E-state index is 0. The van der Waals surface area contributed by atoms with Crippen LogP contribution in [0.4, 0.5) is 0 Å². The first-order chi connectivity index (χ1) is 14.3. The third kappa shape index (κ3) is 9.74. The van der Waals surface area contributed by atoms with Crippen molar-refractivity contribution >= 4 is 58.1 Å². The monoisotopic (exact) mass is 434 g/mol. The van der Waals surface area contributed by atoms with E-state index >= 15 is 0 Å². The van der Waals surface area contributed by atoms with Crippen molar-refractivity contribution in [1.29, 1.82) is 0 Å². The SMILES string of the molecule is COC(=O)C(=O)/C=C(\[O-])c1ccccc1.COC(=O)C(=O)/C=C(\[O-])c1ccccc1.[Mg+2]. The zero-order chi connectivity index (χ0) is 22.5. The third-order valence-electron chi connectivity index (χ3n) is 3.41. The fraction of sp³-hybridized carbons (Fsp3) is 0.0909. The second-order valence-electron chi connectivity index (χ2n) is 5.46. The summed E-state index contributed by atoms with van der Waals surface area (Å²) in [5.41, 5.74) is 0.713. The number of methoxy groups -OCH3 is 2. The van der Waals surface area contributed by atoms with E-state index in [2.05, 4.69) is 9.47 Å². The Morgan fingerprint density at radius 3 is 1.19 bits per heavy atom. The number of carbonyl (C=O) groups excluding carboxylic acids is 4. The van der Waals surface area contributed by atoms with Crippen LogP contribution in [0.2, 0.25) is 0 Å². The molecule has 0 aliphatic heterocycles. The molecule has 2 rings (SSSR count). The summed E-state index contributed by atoms with van der Waals surface area (Å²) in [6.07, 6.45) is 1.45. The zero-order valence-corrected chi connectivity index (χ0v) is 18.3. The normalized spacial score (nSPS) is 10.5. The van der Waals surface area contributed by atoms with Crippen LogP contribution >= 0.6 is 0 Å². The number of hydrogen-bond acceptors (Lipinski definition) is 8. The van der Waals surface area contributed by atoms with E-state index in [0.29, 0.717) is 11.1 Å². The number of ketones is 2. The topological polar surface area (TPSA) is 133 Å². The molecular weight excluding hydrogens is 417 g/mol. The van der Waals surface area contributed by atoms with Crippen molar-refractivity contribution in [3.63, 3.8) is 0 Å². The predicted molar refractivity (Wildman–Crippen MR) is 109 cm³/mol. The largest absolute Gasteiger partial charge is 2.00 e. The number of esters is 2. The van der Waals surface area contributed by atoms with Gasteiger partial charge in [0.2, 0.25) is 0 Å². The maximum absolute atomic E-state index is 11.4. The van der Waals surface area contributed by atoms with E-state index in [1.54, 1.807) is 60.7 Å². The summed E-state index contributed by atoms with van der Waals surface area (Å²) < 4.78 is 8.35. The van der Waals surface area contributed by atoms with Gasteiger partial charge in [0, 0.05) is 0 Å². The Kier molecular flexibility index (Phi) is 12.9. The molecule has 2 aromatic rings. The molecule has 0 heterocycles. The summed E-state index contributed by atoms with van der Waals surface area (Å²) in [4.78, 5) is 43.5. The molecule has 8 nitrogen and oxygen atoms in total. The van der Waals surface area contributed by atoms with Crippen LogP contribution in [-0.4, -0.2) is 60.8 Å². The van der Waals surface area contributed by atoms with Crippen molar-refractivity contribution in [1.82, 2.24) is 0 Å². The van der Waals surface area contributed by atoms with Crippen LogP contribution in [0.15, 0.2) is 72.8 Å². The van der Waals surface area contributed by atoms with Crippen molar-refractivity contribution in [2.45, 2.75) is 0 Å². The van der Waals surface area contributed by atoms with E-state index in [4.69, 9.17) is 0 Å². The van der Waals surface area contributed by atoms with Crippen molar-refractivity contribution in [3.8, 4) is 0 Å². The van der Waals surface area contributed by atoms with Crippen LogP contribution in [-0.2, 0) is 28.7 Å². The van der Waals surface area contributed by atoms with Gasteiger partial charge < -0.3 is 19.7 Å². The van der Waals surface area contributed by atoms with Gasteiger partial charge in [-0.2, -0.15) is 0 Å². The molecule has 0 saturated carbocycles. The minimum atomic E-state index is -1.04. The van der Waals surface area contributed by atoms with Crippen LogP contribution in [0, 0.1) is 0 Å². The molecule has 156 valence electrons. The van der Waals surface area contributed by atoms with Gasteiger partial charge in [0.05, 0.1) is 14.2 Å². The van der Waals surface area contributed by atoms with Crippen LogP contribution in [0.3, 0.4) is 0 Å². The molecule has 0 aliphatic carbocycles. The van der Waals surface area contributed by atoms with Crippen LogP contribution < -0.4 is 10.2 Å². The average molecular weight is 435 g/mol. The Hall–Kier alpha value is -3.43. The first-order valence-corrected chi connectivity index (χ1v) is 8.43. The second-order valence-corrected chi connectivity index (χ2v) is 5.46. The van der Waals surface area contributed by atoms with Crippen LogP contribution in [0.1, 0.15) is 11.1 Å². The molecule has 2 aromatic carbocycles. The summed E-state index contributed by atoms with van der Waals surface area (Å²) in [5, 5.41) is 22.8. The van der Waals surface area contributed by atoms with E-state index < -0.39 is 35.0 Å². The Morgan fingerprint density at radius 2 is 0.935 bits per heavy atom. The van der Waals surface area contributed by atoms with Crippen LogP contribution in [0.5, 0.6) is 0 Å². The molecule has 0 fully saturated rings. The van der Waals surface area contributed by atoms with E-state index in [1.165, 1.54) is 0 Å². The van der Waals surface area contributed by atoms with Crippen molar-refractivity contribution < 1.29 is 38.9 Å². The fourth-order valence-electron chi connectivity index (χ4n) is 1.93. The summed E-state index contributed by atoms with van der Waals surface area (Å²) in [7, 11) is 2.17. The summed E-state index contributed by atoms with van der Waals surface area (Å²) >= 11 is 0. The molecule has 0 unspecified atom stereocenters. The maximum atomic E-state index is 11.4. The quantitative estimate of drug-likeness (QED) is 0.202. The molecule has 0 aromatic heterocycles. The molecular formula is C22H18MgO8. The first-order valence-electron chi connectivity index (χ1n) is 8.43. The number of benzene rings is 2. The van der Waals surface area contributed by atoms with Crippen LogP contribution in [0.25, 0.3) is 11.5 Å². The third-order valence-corrected chi connectivity index (χ3v) is 3.41. The number of rotatable bonds is 6. The van der Waals surface area contributed by atoms with Gasteiger partial charge in [0.15, 0.2) is 0 Å². The van der Waals surface area contributed by atoms with E-state index in [1.807, 2.05) is 0 Å². The molecule has 9 heteroatoms. The van der Waals surface area contributed by atoms with Gasteiger partial charge in [-0.25, -0.2) is 9.59 Å². The Balaban J connectivity index is 0.000000562. The van der Waals surface area contributed by atoms with Gasteiger partial charge in [-0.15, -0.1) is 0 Å². The molecule has 0 saturated heterocycles. The Bertz CT molecular complexity index is 870. The Morgan fingerprint density at radius 1 is 0.645 bits per heavy atom. The first kappa shape index (κ1) is 27.6. The second kappa shape index (κ2) is 14.5. The Labute approximate surface area is 194 Å². The van der Waals surface area contributed by atoms with Crippen molar-refractivity contribution in [2.24, 2.45) is 0 Å². The molecule has 0 radical (unpaired) electrons. The molecule has 0 aliphatic rings. The summed E-state index contributed by atoms with van der Waals surface area (Å²) in [6, 6.07) is 16.4. The summed E-state index contributed by atoms with van der Waals surface area (Å²) in [6.45, 7) is 0. The fourth-order valence-corrected chi connectivity index (χ4v) is 1.93. The van der Waals surface area contributed by atoms with Crippen molar-refractivity contribution in [3.05, 3.63) is 83.9 Å². The van der Waals surface area contributed by atoms with E-state index in [9.17, 15) is 29.4 Å². The van der Waals surface area contributed by atoms with Gasteiger partial charge in [-0.05, 0) is 23.3 Å². The number of carbonyl (C=O) groups is 4. The smallest absolute Gasteiger partial charge is 0.872 e. The number of ether oxygens (including phenoxy) is 2. The molecule has 0 spiro atoms. The average Bonchev–Trinajstić information content (AvgIpc) is 2.79. The molecule has 0 amide bonds. The summed E-state index contributed by atoms with van der Waals surface area (Å²) in [5.74, 6) is -5.01.